The predicted octanol–water partition coefficient (Wildman–Crippen LogP) is 1.32. The molecule has 1 aliphatic rings. The van der Waals surface area contributed by atoms with Gasteiger partial charge in [-0.15, -0.1) is 0 Å². The summed E-state index contributed by atoms with van der Waals surface area (Å²) in [6.07, 6.45) is 1.01. The molecular formula is C15H21FN2O2. The second kappa shape index (κ2) is 6.81. The molecule has 1 amide bonds. The molecule has 0 aromatic heterocycles. The van der Waals surface area contributed by atoms with Crippen LogP contribution in [-0.4, -0.2) is 42.6 Å². The highest BCUT2D eigenvalue weighted by Crippen LogP contribution is 2.21. The van der Waals surface area contributed by atoms with Crippen molar-refractivity contribution in [3.8, 4) is 0 Å². The largest absolute Gasteiger partial charge is 0.387 e. The molecule has 1 atom stereocenters. The first-order valence-electron chi connectivity index (χ1n) is 6.97. The van der Waals surface area contributed by atoms with E-state index in [4.69, 9.17) is 0 Å². The van der Waals surface area contributed by atoms with Gasteiger partial charge in [0.25, 0.3) is 0 Å². The van der Waals surface area contributed by atoms with E-state index in [1.807, 2.05) is 0 Å². The van der Waals surface area contributed by atoms with Gasteiger partial charge in [-0.3, -0.25) is 4.79 Å². The van der Waals surface area contributed by atoms with Gasteiger partial charge in [-0.2, -0.15) is 0 Å². The van der Waals surface area contributed by atoms with Gasteiger partial charge in [0, 0.05) is 19.5 Å². The van der Waals surface area contributed by atoms with Gasteiger partial charge in [0.1, 0.15) is 5.82 Å². The molecule has 0 bridgehead atoms. The number of likely N-dealkylation sites (tertiary alicyclic amines) is 1. The fourth-order valence-electron chi connectivity index (χ4n) is 2.62. The minimum Gasteiger partial charge on any atom is -0.387 e. The molecule has 1 aliphatic heterocycles. The summed E-state index contributed by atoms with van der Waals surface area (Å²) in [6.45, 7) is 2.12. The molecule has 20 heavy (non-hydrogen) atoms. The Hall–Kier alpha value is -1.46. The Morgan fingerprint density at radius 3 is 2.55 bits per heavy atom. The van der Waals surface area contributed by atoms with Crippen LogP contribution in [0.3, 0.4) is 0 Å². The maximum absolute atomic E-state index is 12.8. The molecule has 1 fully saturated rings. The number of hydrogen-bond donors (Lipinski definition) is 2. The number of piperidine rings is 1. The van der Waals surface area contributed by atoms with Crippen molar-refractivity contribution in [2.45, 2.75) is 18.9 Å². The molecule has 0 saturated carbocycles. The van der Waals surface area contributed by atoms with Crippen molar-refractivity contribution >= 4 is 5.91 Å². The molecule has 0 aliphatic carbocycles. The topological polar surface area (TPSA) is 52.6 Å². The summed E-state index contributed by atoms with van der Waals surface area (Å²) in [6, 6.07) is 5.93. The van der Waals surface area contributed by atoms with Crippen LogP contribution in [0.25, 0.3) is 0 Å². The highest BCUT2D eigenvalue weighted by Gasteiger charge is 2.25. The normalized spacial score (nSPS) is 18.8. The summed E-state index contributed by atoms with van der Waals surface area (Å²) < 4.78 is 12.8. The van der Waals surface area contributed by atoms with Crippen LogP contribution >= 0.6 is 0 Å². The van der Waals surface area contributed by atoms with Crippen LogP contribution < -0.4 is 5.32 Å². The average Bonchev–Trinajstić information content (AvgIpc) is 2.48. The quantitative estimate of drug-likeness (QED) is 0.874. The molecule has 5 heteroatoms. The standard InChI is InChI=1S/C15H21FN2O2/c1-17-15(20)12-6-8-18(9-7-12)10-14(19)11-2-4-13(16)5-3-11/h2-5,12,14,19H,6-10H2,1H3,(H,17,20)/t14-/m0/s1. The van der Waals surface area contributed by atoms with Crippen molar-refractivity contribution in [1.29, 1.82) is 0 Å². The molecule has 1 heterocycles. The number of hydrogen-bond acceptors (Lipinski definition) is 3. The third-order valence-corrected chi connectivity index (χ3v) is 3.89. The van der Waals surface area contributed by atoms with Crippen molar-refractivity contribution in [3.63, 3.8) is 0 Å². The smallest absolute Gasteiger partial charge is 0.222 e. The summed E-state index contributed by atoms with van der Waals surface area (Å²) >= 11 is 0. The van der Waals surface area contributed by atoms with E-state index >= 15 is 0 Å². The second-order valence-corrected chi connectivity index (χ2v) is 5.26. The van der Waals surface area contributed by atoms with Crippen molar-refractivity contribution in [1.82, 2.24) is 10.2 Å². The van der Waals surface area contributed by atoms with E-state index < -0.39 is 6.10 Å². The van der Waals surface area contributed by atoms with Gasteiger partial charge in [0.2, 0.25) is 5.91 Å². The first kappa shape index (κ1) is 14.9. The number of aliphatic hydroxyl groups excluding tert-OH is 1. The monoisotopic (exact) mass is 280 g/mol. The van der Waals surface area contributed by atoms with E-state index in [2.05, 4.69) is 10.2 Å². The van der Waals surface area contributed by atoms with Gasteiger partial charge in [0.05, 0.1) is 6.10 Å². The third-order valence-electron chi connectivity index (χ3n) is 3.89. The van der Waals surface area contributed by atoms with Gasteiger partial charge < -0.3 is 15.3 Å². The molecule has 1 aromatic rings. The van der Waals surface area contributed by atoms with Crippen LogP contribution in [-0.2, 0) is 4.79 Å². The number of β-amino-alcohol motifs (C(OH)–C–C–N with tert-alkyl or cyclic N) is 1. The first-order chi connectivity index (χ1) is 9.60. The van der Waals surface area contributed by atoms with E-state index in [0.29, 0.717) is 6.54 Å². The number of nitrogens with one attached hydrogen (secondary N) is 1. The van der Waals surface area contributed by atoms with Gasteiger partial charge in [-0.05, 0) is 43.6 Å². The molecule has 4 nitrogen and oxygen atoms in total. The summed E-state index contributed by atoms with van der Waals surface area (Å²) in [7, 11) is 1.66. The van der Waals surface area contributed by atoms with Crippen LogP contribution in [0.2, 0.25) is 0 Å². The lowest BCUT2D eigenvalue weighted by molar-refractivity contribution is -0.126. The highest BCUT2D eigenvalue weighted by atomic mass is 19.1. The van der Waals surface area contributed by atoms with Gasteiger partial charge >= 0.3 is 0 Å². The summed E-state index contributed by atoms with van der Waals surface area (Å²) in [5.41, 5.74) is 0.722. The Bertz CT molecular complexity index is 442. The molecule has 2 rings (SSSR count). The number of carbonyl (C=O) groups is 1. The minimum absolute atomic E-state index is 0.0826. The van der Waals surface area contributed by atoms with E-state index in [1.165, 1.54) is 12.1 Å². The molecule has 1 aromatic carbocycles. The number of carbonyl (C=O) groups excluding carboxylic acids is 1. The molecule has 0 spiro atoms. The van der Waals surface area contributed by atoms with Gasteiger partial charge in [-0.1, -0.05) is 12.1 Å². The zero-order chi connectivity index (χ0) is 14.5. The predicted molar refractivity (Wildman–Crippen MR) is 74.6 cm³/mol. The maximum atomic E-state index is 12.8. The third kappa shape index (κ3) is 3.77. The second-order valence-electron chi connectivity index (χ2n) is 5.26. The lowest BCUT2D eigenvalue weighted by atomic mass is 9.95. The summed E-state index contributed by atoms with van der Waals surface area (Å²) in [5.74, 6) is -0.115. The van der Waals surface area contributed by atoms with Crippen molar-refractivity contribution in [2.24, 2.45) is 5.92 Å². The Labute approximate surface area is 118 Å². The maximum Gasteiger partial charge on any atom is 0.222 e. The van der Waals surface area contributed by atoms with Crippen LogP contribution in [0.4, 0.5) is 4.39 Å². The number of nitrogens with zero attached hydrogens (tertiary/aromatic N) is 1. The number of rotatable bonds is 4. The van der Waals surface area contributed by atoms with Crippen LogP contribution in [0.5, 0.6) is 0 Å². The van der Waals surface area contributed by atoms with Crippen LogP contribution in [0, 0.1) is 11.7 Å². The molecule has 1 saturated heterocycles. The number of amides is 1. The Morgan fingerprint density at radius 1 is 1.40 bits per heavy atom. The molecule has 110 valence electrons. The van der Waals surface area contributed by atoms with E-state index in [0.717, 1.165) is 31.5 Å². The molecule has 0 radical (unpaired) electrons. The van der Waals surface area contributed by atoms with Crippen LogP contribution in [0.1, 0.15) is 24.5 Å². The lowest BCUT2D eigenvalue weighted by Crippen LogP contribution is -2.41. The molecule has 2 N–H and O–H groups in total. The Kier molecular flexibility index (Phi) is 5.09. The highest BCUT2D eigenvalue weighted by molar-refractivity contribution is 5.78. The SMILES string of the molecule is CNC(=O)C1CCN(C[C@H](O)c2ccc(F)cc2)CC1. The zero-order valence-electron chi connectivity index (χ0n) is 11.7. The summed E-state index contributed by atoms with van der Waals surface area (Å²) in [5, 5.41) is 12.8. The lowest BCUT2D eigenvalue weighted by Gasteiger charge is -2.32. The Balaban J connectivity index is 1.83. The average molecular weight is 280 g/mol. The van der Waals surface area contributed by atoms with E-state index in [9.17, 15) is 14.3 Å². The fourth-order valence-corrected chi connectivity index (χ4v) is 2.62. The van der Waals surface area contributed by atoms with Crippen molar-refractivity contribution in [3.05, 3.63) is 35.6 Å². The van der Waals surface area contributed by atoms with Crippen molar-refractivity contribution in [2.75, 3.05) is 26.7 Å². The van der Waals surface area contributed by atoms with E-state index in [-0.39, 0.29) is 17.6 Å². The molecular weight excluding hydrogens is 259 g/mol. The fraction of sp³-hybridized carbons (Fsp3) is 0.533. The first-order valence-corrected chi connectivity index (χ1v) is 6.97. The van der Waals surface area contributed by atoms with Crippen LogP contribution in [0.15, 0.2) is 24.3 Å². The van der Waals surface area contributed by atoms with Crippen molar-refractivity contribution < 1.29 is 14.3 Å². The number of aliphatic hydroxyl groups is 1. The van der Waals surface area contributed by atoms with E-state index in [1.54, 1.807) is 19.2 Å². The number of benzene rings is 1. The van der Waals surface area contributed by atoms with Gasteiger partial charge in [-0.25, -0.2) is 4.39 Å². The number of halogens is 1. The Morgan fingerprint density at radius 2 is 2.00 bits per heavy atom. The summed E-state index contributed by atoms with van der Waals surface area (Å²) in [4.78, 5) is 13.7. The van der Waals surface area contributed by atoms with Gasteiger partial charge in [0.15, 0.2) is 0 Å². The molecule has 0 unspecified atom stereocenters. The minimum atomic E-state index is -0.618. The zero-order valence-corrected chi connectivity index (χ0v) is 11.7.